The minimum atomic E-state index is -0.271. The standard InChI is InChI=1S/C9H14O3/c1-9(11)12-8-6-4-2-3-5-7-10/h10H,3,5-8H2,1H3. The van der Waals surface area contributed by atoms with Crippen LogP contribution in [-0.4, -0.2) is 24.3 Å². The minimum Gasteiger partial charge on any atom is -0.465 e. The molecular weight excluding hydrogens is 156 g/mol. The molecule has 1 N–H and O–H groups in total. The van der Waals surface area contributed by atoms with Gasteiger partial charge in [0.15, 0.2) is 0 Å². The van der Waals surface area contributed by atoms with E-state index < -0.39 is 0 Å². The van der Waals surface area contributed by atoms with Crippen molar-refractivity contribution in [2.45, 2.75) is 26.2 Å². The molecule has 0 rings (SSSR count). The Labute approximate surface area is 72.7 Å². The maximum atomic E-state index is 10.3. The molecule has 0 saturated carbocycles. The summed E-state index contributed by atoms with van der Waals surface area (Å²) in [5.41, 5.74) is 0. The van der Waals surface area contributed by atoms with Gasteiger partial charge in [0.1, 0.15) is 6.61 Å². The number of ether oxygens (including phenoxy) is 1. The second-order valence-corrected chi connectivity index (χ2v) is 2.27. The van der Waals surface area contributed by atoms with Crippen LogP contribution in [0.4, 0.5) is 0 Å². The Hall–Kier alpha value is -1.01. The van der Waals surface area contributed by atoms with Crippen LogP contribution in [0.15, 0.2) is 0 Å². The largest absolute Gasteiger partial charge is 0.465 e. The van der Waals surface area contributed by atoms with Gasteiger partial charge in [0.25, 0.3) is 0 Å². The molecule has 0 heterocycles. The highest BCUT2D eigenvalue weighted by molar-refractivity contribution is 5.65. The number of rotatable bonds is 4. The molecule has 0 aromatic rings. The van der Waals surface area contributed by atoms with Crippen LogP contribution in [0.5, 0.6) is 0 Å². The van der Waals surface area contributed by atoms with Gasteiger partial charge in [0, 0.05) is 26.4 Å². The zero-order valence-electron chi connectivity index (χ0n) is 7.30. The van der Waals surface area contributed by atoms with E-state index in [1.54, 1.807) is 0 Å². The fourth-order valence-corrected chi connectivity index (χ4v) is 0.590. The Kier molecular flexibility index (Phi) is 7.41. The lowest BCUT2D eigenvalue weighted by Crippen LogP contribution is -1.98. The molecule has 0 saturated heterocycles. The maximum absolute atomic E-state index is 10.3. The molecule has 0 radical (unpaired) electrons. The number of hydrogen-bond donors (Lipinski definition) is 1. The van der Waals surface area contributed by atoms with Crippen molar-refractivity contribution in [3.8, 4) is 11.8 Å². The minimum absolute atomic E-state index is 0.179. The van der Waals surface area contributed by atoms with Crippen LogP contribution in [0.1, 0.15) is 26.2 Å². The monoisotopic (exact) mass is 170 g/mol. The van der Waals surface area contributed by atoms with Crippen LogP contribution in [0.2, 0.25) is 0 Å². The molecule has 0 unspecified atom stereocenters. The molecule has 0 fully saturated rings. The highest BCUT2D eigenvalue weighted by Crippen LogP contribution is 1.85. The average molecular weight is 170 g/mol. The summed E-state index contributed by atoms with van der Waals surface area (Å²) in [6.07, 6.45) is 1.99. The smallest absolute Gasteiger partial charge is 0.302 e. The molecule has 0 aliphatic heterocycles. The van der Waals surface area contributed by atoms with Crippen molar-refractivity contribution in [2.75, 3.05) is 13.2 Å². The quantitative estimate of drug-likeness (QED) is 0.384. The fraction of sp³-hybridized carbons (Fsp3) is 0.667. The van der Waals surface area contributed by atoms with E-state index in [4.69, 9.17) is 5.11 Å². The third kappa shape index (κ3) is 8.99. The lowest BCUT2D eigenvalue weighted by molar-refractivity contribution is -0.140. The summed E-state index contributed by atoms with van der Waals surface area (Å²) in [6, 6.07) is 0. The number of aliphatic hydroxyl groups is 1. The Morgan fingerprint density at radius 2 is 2.08 bits per heavy atom. The summed E-state index contributed by atoms with van der Waals surface area (Å²) in [7, 11) is 0. The number of hydrogen-bond acceptors (Lipinski definition) is 3. The second kappa shape index (κ2) is 8.09. The molecule has 0 aliphatic rings. The van der Waals surface area contributed by atoms with E-state index in [1.807, 2.05) is 0 Å². The highest BCUT2D eigenvalue weighted by atomic mass is 16.5. The van der Waals surface area contributed by atoms with E-state index in [1.165, 1.54) is 6.92 Å². The maximum Gasteiger partial charge on any atom is 0.302 e. The summed E-state index contributed by atoms with van der Waals surface area (Å²) >= 11 is 0. The van der Waals surface area contributed by atoms with E-state index >= 15 is 0 Å². The van der Waals surface area contributed by atoms with Crippen molar-refractivity contribution < 1.29 is 14.6 Å². The van der Waals surface area contributed by atoms with Crippen LogP contribution in [0, 0.1) is 11.8 Å². The van der Waals surface area contributed by atoms with Gasteiger partial charge in [-0.1, -0.05) is 5.92 Å². The Bertz CT molecular complexity index is 176. The van der Waals surface area contributed by atoms with Gasteiger partial charge in [0.05, 0.1) is 0 Å². The molecule has 0 aromatic heterocycles. The summed E-state index contributed by atoms with van der Waals surface area (Å²) in [5.74, 6) is 5.42. The zero-order valence-corrected chi connectivity index (χ0v) is 7.30. The van der Waals surface area contributed by atoms with Gasteiger partial charge in [-0.15, -0.1) is 5.92 Å². The van der Waals surface area contributed by atoms with Crippen molar-refractivity contribution in [2.24, 2.45) is 0 Å². The van der Waals surface area contributed by atoms with Crippen molar-refractivity contribution in [3.63, 3.8) is 0 Å². The molecule has 0 bridgehead atoms. The van der Waals surface area contributed by atoms with Gasteiger partial charge >= 0.3 is 5.97 Å². The lowest BCUT2D eigenvalue weighted by Gasteiger charge is -1.94. The molecule has 0 spiro atoms. The number of carbonyl (C=O) groups excluding carboxylic acids is 1. The number of aliphatic hydroxyl groups excluding tert-OH is 1. The van der Waals surface area contributed by atoms with Crippen molar-refractivity contribution >= 4 is 5.97 Å². The summed E-state index contributed by atoms with van der Waals surface area (Å²) in [5, 5.41) is 8.40. The molecule has 3 heteroatoms. The lowest BCUT2D eigenvalue weighted by atomic mass is 10.3. The molecule has 12 heavy (non-hydrogen) atoms. The van der Waals surface area contributed by atoms with Crippen molar-refractivity contribution in [3.05, 3.63) is 0 Å². The summed E-state index contributed by atoms with van der Waals surface area (Å²) in [6.45, 7) is 1.92. The number of unbranched alkanes of at least 4 members (excludes halogenated alkanes) is 1. The van der Waals surface area contributed by atoms with Gasteiger partial charge < -0.3 is 9.84 Å². The molecule has 0 aromatic carbocycles. The Morgan fingerprint density at radius 1 is 1.42 bits per heavy atom. The number of carbonyl (C=O) groups is 1. The third-order valence-corrected chi connectivity index (χ3v) is 1.12. The van der Waals surface area contributed by atoms with Crippen LogP contribution in [-0.2, 0) is 9.53 Å². The molecular formula is C9H14O3. The molecule has 0 aliphatic carbocycles. The Balaban J connectivity index is 3.16. The van der Waals surface area contributed by atoms with Gasteiger partial charge in [-0.3, -0.25) is 4.79 Å². The first-order valence-corrected chi connectivity index (χ1v) is 3.97. The van der Waals surface area contributed by atoms with Crippen molar-refractivity contribution in [1.82, 2.24) is 0 Å². The predicted octanol–water partition coefficient (Wildman–Crippen LogP) is 0.716. The number of esters is 1. The first-order chi connectivity index (χ1) is 5.77. The SMILES string of the molecule is CC(=O)OCCC#CCCCO. The first kappa shape index (κ1) is 11.0. The van der Waals surface area contributed by atoms with E-state index in [-0.39, 0.29) is 12.6 Å². The summed E-state index contributed by atoms with van der Waals surface area (Å²) in [4.78, 5) is 10.3. The van der Waals surface area contributed by atoms with Gasteiger partial charge in [0.2, 0.25) is 0 Å². The summed E-state index contributed by atoms with van der Waals surface area (Å²) < 4.78 is 4.66. The van der Waals surface area contributed by atoms with Gasteiger partial charge in [-0.05, 0) is 6.42 Å². The Morgan fingerprint density at radius 3 is 2.67 bits per heavy atom. The van der Waals surface area contributed by atoms with E-state index in [0.29, 0.717) is 25.9 Å². The topological polar surface area (TPSA) is 46.5 Å². The van der Waals surface area contributed by atoms with Crippen LogP contribution in [0.3, 0.4) is 0 Å². The van der Waals surface area contributed by atoms with Crippen LogP contribution >= 0.6 is 0 Å². The van der Waals surface area contributed by atoms with E-state index in [2.05, 4.69) is 16.6 Å². The normalized spacial score (nSPS) is 8.50. The fourth-order valence-electron chi connectivity index (χ4n) is 0.590. The first-order valence-electron chi connectivity index (χ1n) is 3.97. The molecule has 68 valence electrons. The van der Waals surface area contributed by atoms with Gasteiger partial charge in [-0.2, -0.15) is 0 Å². The predicted molar refractivity (Wildman–Crippen MR) is 45.3 cm³/mol. The third-order valence-electron chi connectivity index (χ3n) is 1.12. The molecule has 0 amide bonds. The van der Waals surface area contributed by atoms with Gasteiger partial charge in [-0.25, -0.2) is 0 Å². The average Bonchev–Trinajstić information content (AvgIpc) is 2.02. The van der Waals surface area contributed by atoms with Crippen molar-refractivity contribution in [1.29, 1.82) is 0 Å². The second-order valence-electron chi connectivity index (χ2n) is 2.27. The van der Waals surface area contributed by atoms with Crippen LogP contribution in [0.25, 0.3) is 0 Å². The van der Waals surface area contributed by atoms with E-state index in [0.717, 1.165) is 0 Å². The molecule has 0 atom stereocenters. The zero-order chi connectivity index (χ0) is 9.23. The highest BCUT2D eigenvalue weighted by Gasteiger charge is 1.87. The van der Waals surface area contributed by atoms with E-state index in [9.17, 15) is 4.79 Å². The molecule has 3 nitrogen and oxygen atoms in total. The van der Waals surface area contributed by atoms with Crippen LogP contribution < -0.4 is 0 Å².